The molecule has 0 fully saturated rings. The number of fused-ring (bicyclic) bond motifs is 1. The number of carbonyl (C=O) groups excluding carboxylic acids is 1. The van der Waals surface area contributed by atoms with Gasteiger partial charge in [-0.05, 0) is 73.2 Å². The highest BCUT2D eigenvalue weighted by Crippen LogP contribution is 2.25. The minimum absolute atomic E-state index is 0.122. The zero-order valence-corrected chi connectivity index (χ0v) is 15.5. The molecule has 3 rings (SSSR count). The molecule has 0 aromatic heterocycles. The van der Waals surface area contributed by atoms with Crippen LogP contribution in [0.15, 0.2) is 41.3 Å². The predicted octanol–water partition coefficient (Wildman–Crippen LogP) is 2.99. The van der Waals surface area contributed by atoms with Crippen LogP contribution in [0.3, 0.4) is 0 Å². The Balaban J connectivity index is 1.89. The number of amides is 1. The molecule has 1 amide bonds. The molecule has 0 heterocycles. The maximum Gasteiger partial charge on any atom is 0.255 e. The van der Waals surface area contributed by atoms with Gasteiger partial charge in [-0.3, -0.25) is 4.79 Å². The minimum atomic E-state index is -3.58. The Morgan fingerprint density at radius 3 is 2.48 bits per heavy atom. The van der Waals surface area contributed by atoms with Crippen LogP contribution in [0, 0.1) is 6.92 Å². The average Bonchev–Trinajstić information content (AvgIpc) is 3.01. The van der Waals surface area contributed by atoms with E-state index in [4.69, 9.17) is 0 Å². The van der Waals surface area contributed by atoms with Gasteiger partial charge in [0.05, 0.1) is 4.90 Å². The molecule has 6 heteroatoms. The molecule has 0 unspecified atom stereocenters. The van der Waals surface area contributed by atoms with Gasteiger partial charge in [-0.1, -0.05) is 6.07 Å². The second-order valence-electron chi connectivity index (χ2n) is 6.61. The summed E-state index contributed by atoms with van der Waals surface area (Å²) < 4.78 is 25.8. The lowest BCUT2D eigenvalue weighted by Crippen LogP contribution is -2.23. The third kappa shape index (κ3) is 3.60. The van der Waals surface area contributed by atoms with Crippen molar-refractivity contribution in [3.63, 3.8) is 0 Å². The monoisotopic (exact) mass is 358 g/mol. The largest absolute Gasteiger partial charge is 0.322 e. The molecule has 0 radical (unpaired) electrons. The number of anilines is 1. The van der Waals surface area contributed by atoms with Crippen molar-refractivity contribution in [2.75, 3.05) is 19.4 Å². The van der Waals surface area contributed by atoms with E-state index in [9.17, 15) is 13.2 Å². The van der Waals surface area contributed by atoms with E-state index in [1.807, 2.05) is 12.1 Å². The standard InChI is InChI=1S/C19H22N2O3S/c1-13-9-16(12-18(10-13)25(23,24)21(2)3)19(22)20-17-8-7-14-5-4-6-15(14)11-17/h7-12H,4-6H2,1-3H3,(H,20,22). The molecule has 25 heavy (non-hydrogen) atoms. The van der Waals surface area contributed by atoms with Gasteiger partial charge in [0.2, 0.25) is 10.0 Å². The van der Waals surface area contributed by atoms with Crippen molar-refractivity contribution in [1.82, 2.24) is 4.31 Å². The number of nitrogens with zero attached hydrogens (tertiary/aromatic N) is 1. The Hall–Kier alpha value is -2.18. The van der Waals surface area contributed by atoms with E-state index in [1.165, 1.54) is 31.3 Å². The summed E-state index contributed by atoms with van der Waals surface area (Å²) in [6, 6.07) is 10.6. The van der Waals surface area contributed by atoms with Crippen LogP contribution in [-0.2, 0) is 22.9 Å². The lowest BCUT2D eigenvalue weighted by Gasteiger charge is -2.14. The first-order valence-corrected chi connectivity index (χ1v) is 9.69. The van der Waals surface area contributed by atoms with E-state index < -0.39 is 10.0 Å². The molecule has 2 aromatic rings. The van der Waals surface area contributed by atoms with E-state index in [1.54, 1.807) is 19.1 Å². The minimum Gasteiger partial charge on any atom is -0.322 e. The van der Waals surface area contributed by atoms with Gasteiger partial charge in [-0.25, -0.2) is 12.7 Å². The fourth-order valence-electron chi connectivity index (χ4n) is 3.09. The van der Waals surface area contributed by atoms with Gasteiger partial charge in [0.25, 0.3) is 5.91 Å². The summed E-state index contributed by atoms with van der Waals surface area (Å²) >= 11 is 0. The van der Waals surface area contributed by atoms with Crippen molar-refractivity contribution in [3.8, 4) is 0 Å². The maximum atomic E-state index is 12.6. The van der Waals surface area contributed by atoms with Gasteiger partial charge in [-0.2, -0.15) is 0 Å². The summed E-state index contributed by atoms with van der Waals surface area (Å²) in [5.41, 5.74) is 4.41. The van der Waals surface area contributed by atoms with Crippen LogP contribution >= 0.6 is 0 Å². The molecule has 0 bridgehead atoms. The van der Waals surface area contributed by atoms with Gasteiger partial charge in [0.1, 0.15) is 0 Å². The molecule has 0 saturated heterocycles. The lowest BCUT2D eigenvalue weighted by atomic mass is 10.1. The van der Waals surface area contributed by atoms with Gasteiger partial charge < -0.3 is 5.32 Å². The highest BCUT2D eigenvalue weighted by Gasteiger charge is 2.20. The molecule has 132 valence electrons. The van der Waals surface area contributed by atoms with Crippen molar-refractivity contribution < 1.29 is 13.2 Å². The summed E-state index contributed by atoms with van der Waals surface area (Å²) in [6.45, 7) is 1.78. The topological polar surface area (TPSA) is 66.5 Å². The highest BCUT2D eigenvalue weighted by molar-refractivity contribution is 7.89. The molecule has 1 N–H and O–H groups in total. The quantitative estimate of drug-likeness (QED) is 0.914. The fourth-order valence-corrected chi connectivity index (χ4v) is 4.12. The van der Waals surface area contributed by atoms with Crippen LogP contribution < -0.4 is 5.32 Å². The third-order valence-corrected chi connectivity index (χ3v) is 6.24. The Morgan fingerprint density at radius 2 is 1.76 bits per heavy atom. The van der Waals surface area contributed by atoms with E-state index in [0.29, 0.717) is 5.56 Å². The third-order valence-electron chi connectivity index (χ3n) is 4.45. The second-order valence-corrected chi connectivity index (χ2v) is 8.77. The number of hydrogen-bond acceptors (Lipinski definition) is 3. The van der Waals surface area contributed by atoms with E-state index in [0.717, 1.165) is 34.8 Å². The molecule has 0 atom stereocenters. The molecule has 5 nitrogen and oxygen atoms in total. The summed E-state index contributed by atoms with van der Waals surface area (Å²) in [7, 11) is -0.635. The Kier molecular flexibility index (Phi) is 4.67. The first-order chi connectivity index (χ1) is 11.8. The van der Waals surface area contributed by atoms with Gasteiger partial charge in [-0.15, -0.1) is 0 Å². The first kappa shape index (κ1) is 17.6. The lowest BCUT2D eigenvalue weighted by molar-refractivity contribution is 0.102. The van der Waals surface area contributed by atoms with Crippen LogP contribution in [0.1, 0.15) is 33.5 Å². The van der Waals surface area contributed by atoms with Crippen LogP contribution in [0.4, 0.5) is 5.69 Å². The SMILES string of the molecule is Cc1cc(C(=O)Nc2ccc3c(c2)CCC3)cc(S(=O)(=O)N(C)C)c1. The molecule has 0 aliphatic heterocycles. The van der Waals surface area contributed by atoms with Crippen molar-refractivity contribution in [3.05, 3.63) is 58.7 Å². The summed E-state index contributed by atoms with van der Waals surface area (Å²) in [6.07, 6.45) is 3.28. The number of aryl methyl sites for hydroxylation is 3. The van der Waals surface area contributed by atoms with Crippen molar-refractivity contribution >= 4 is 21.6 Å². The number of benzene rings is 2. The van der Waals surface area contributed by atoms with E-state index >= 15 is 0 Å². The van der Waals surface area contributed by atoms with Crippen molar-refractivity contribution in [1.29, 1.82) is 0 Å². The predicted molar refractivity (Wildman–Crippen MR) is 98.5 cm³/mol. The van der Waals surface area contributed by atoms with Crippen LogP contribution in [0.25, 0.3) is 0 Å². The number of nitrogens with one attached hydrogen (secondary N) is 1. The van der Waals surface area contributed by atoms with Crippen LogP contribution in [0.2, 0.25) is 0 Å². The van der Waals surface area contributed by atoms with Crippen LogP contribution in [-0.4, -0.2) is 32.7 Å². The number of sulfonamides is 1. The molecular formula is C19H22N2O3S. The molecule has 0 saturated carbocycles. The van der Waals surface area contributed by atoms with E-state index in [2.05, 4.69) is 11.4 Å². The van der Waals surface area contributed by atoms with Gasteiger partial charge in [0, 0.05) is 25.3 Å². The van der Waals surface area contributed by atoms with Gasteiger partial charge in [0.15, 0.2) is 0 Å². The second kappa shape index (κ2) is 6.61. The molecule has 0 spiro atoms. The van der Waals surface area contributed by atoms with Crippen molar-refractivity contribution in [2.45, 2.75) is 31.1 Å². The maximum absolute atomic E-state index is 12.6. The molecule has 1 aliphatic carbocycles. The zero-order valence-electron chi connectivity index (χ0n) is 14.7. The fraction of sp³-hybridized carbons (Fsp3) is 0.316. The summed E-state index contributed by atoms with van der Waals surface area (Å²) in [4.78, 5) is 12.7. The molecular weight excluding hydrogens is 336 g/mol. The van der Waals surface area contributed by atoms with Crippen LogP contribution in [0.5, 0.6) is 0 Å². The van der Waals surface area contributed by atoms with E-state index in [-0.39, 0.29) is 10.8 Å². The summed E-state index contributed by atoms with van der Waals surface area (Å²) in [5, 5.41) is 2.88. The molecule has 2 aromatic carbocycles. The van der Waals surface area contributed by atoms with Gasteiger partial charge >= 0.3 is 0 Å². The number of hydrogen-bond donors (Lipinski definition) is 1. The molecule has 1 aliphatic rings. The summed E-state index contributed by atoms with van der Waals surface area (Å²) in [5.74, 6) is -0.308. The normalized spacial score (nSPS) is 13.8. The Labute approximate surface area is 148 Å². The smallest absolute Gasteiger partial charge is 0.255 e. The Morgan fingerprint density at radius 1 is 1.04 bits per heavy atom. The highest BCUT2D eigenvalue weighted by atomic mass is 32.2. The number of rotatable bonds is 4. The zero-order chi connectivity index (χ0) is 18.2. The van der Waals surface area contributed by atoms with Crippen molar-refractivity contribution in [2.24, 2.45) is 0 Å². The Bertz CT molecular complexity index is 934. The first-order valence-electron chi connectivity index (χ1n) is 8.25. The number of carbonyl (C=O) groups is 1. The average molecular weight is 358 g/mol.